The van der Waals surface area contributed by atoms with Crippen LogP contribution in [0.1, 0.15) is 36.1 Å². The maximum Gasteiger partial charge on any atom is 0.132 e. The van der Waals surface area contributed by atoms with E-state index in [9.17, 15) is 5.11 Å². The van der Waals surface area contributed by atoms with Gasteiger partial charge in [0.1, 0.15) is 18.4 Å². The molecule has 0 saturated carbocycles. The van der Waals surface area contributed by atoms with Gasteiger partial charge in [-0.3, -0.25) is 4.90 Å². The van der Waals surface area contributed by atoms with E-state index in [4.69, 9.17) is 0 Å². The molecule has 0 bridgehead atoms. The molecule has 0 aliphatic carbocycles. The molecule has 1 aromatic heterocycles. The van der Waals surface area contributed by atoms with Crippen LogP contribution in [0.2, 0.25) is 0 Å². The molecular formula is C21H26N6O. The van der Waals surface area contributed by atoms with E-state index in [1.54, 1.807) is 6.33 Å². The third kappa shape index (κ3) is 3.43. The molecular weight excluding hydrogens is 352 g/mol. The summed E-state index contributed by atoms with van der Waals surface area (Å²) in [5.41, 5.74) is 5.09. The van der Waals surface area contributed by atoms with E-state index in [-0.39, 0.29) is 0 Å². The van der Waals surface area contributed by atoms with Crippen LogP contribution >= 0.6 is 0 Å². The molecule has 3 heterocycles. The normalized spacial score (nSPS) is 20.6. The molecule has 2 atom stereocenters. The summed E-state index contributed by atoms with van der Waals surface area (Å²) in [6, 6.07) is 8.37. The molecule has 28 heavy (non-hydrogen) atoms. The molecule has 7 heteroatoms. The molecule has 4 rings (SSSR count). The summed E-state index contributed by atoms with van der Waals surface area (Å²) < 4.78 is 0. The van der Waals surface area contributed by atoms with Crippen LogP contribution in [0.25, 0.3) is 0 Å². The van der Waals surface area contributed by atoms with E-state index in [0.29, 0.717) is 12.5 Å². The number of piperazine rings is 1. The van der Waals surface area contributed by atoms with Crippen LogP contribution in [0.5, 0.6) is 0 Å². The number of nitrogens with zero attached hydrogens (tertiary/aromatic N) is 6. The smallest absolute Gasteiger partial charge is 0.132 e. The lowest BCUT2D eigenvalue weighted by Gasteiger charge is -2.37. The molecule has 1 N–H and O–H groups in total. The van der Waals surface area contributed by atoms with Gasteiger partial charge in [-0.1, -0.05) is 13.0 Å². The Morgan fingerprint density at radius 2 is 2.14 bits per heavy atom. The van der Waals surface area contributed by atoms with Gasteiger partial charge in [-0.25, -0.2) is 15.0 Å². The van der Waals surface area contributed by atoms with Crippen LogP contribution in [0.15, 0.2) is 40.6 Å². The van der Waals surface area contributed by atoms with Crippen molar-refractivity contribution < 1.29 is 5.11 Å². The summed E-state index contributed by atoms with van der Waals surface area (Å²) in [7, 11) is 3.74. The second-order valence-corrected chi connectivity index (χ2v) is 7.33. The Labute approximate surface area is 165 Å². The number of aliphatic imine (C=N–C) groups is 2. The fourth-order valence-electron chi connectivity index (χ4n) is 3.71. The molecule has 0 amide bonds. The number of β-amino-alcohol motifs (C(OH)–C–C–N with tert-alkyl or cyclic N) is 1. The Kier molecular flexibility index (Phi) is 5.19. The van der Waals surface area contributed by atoms with Gasteiger partial charge in [0.05, 0.1) is 23.6 Å². The average Bonchev–Trinajstić information content (AvgIpc) is 2.69. The monoisotopic (exact) mass is 378 g/mol. The third-order valence-corrected chi connectivity index (χ3v) is 5.54. The van der Waals surface area contributed by atoms with Crippen LogP contribution in [-0.2, 0) is 0 Å². The van der Waals surface area contributed by atoms with Gasteiger partial charge in [0.2, 0.25) is 0 Å². The highest BCUT2D eigenvalue weighted by atomic mass is 16.3. The molecule has 2 unspecified atom stereocenters. The minimum Gasteiger partial charge on any atom is -0.377 e. The number of likely N-dealkylation sites (N-methyl/N-ethyl adjacent to an activating group) is 1. The molecule has 1 aromatic carbocycles. The Hall–Kier alpha value is -2.64. The fourth-order valence-corrected chi connectivity index (χ4v) is 3.71. The molecule has 1 saturated heterocycles. The summed E-state index contributed by atoms with van der Waals surface area (Å²) in [5.74, 6) is 1.14. The first-order valence-electron chi connectivity index (χ1n) is 9.71. The number of aliphatic hydroxyl groups is 1. The van der Waals surface area contributed by atoms with Crippen molar-refractivity contribution in [3.8, 4) is 0 Å². The van der Waals surface area contributed by atoms with E-state index in [0.717, 1.165) is 48.0 Å². The van der Waals surface area contributed by atoms with Crippen molar-refractivity contribution in [2.45, 2.75) is 25.5 Å². The lowest BCUT2D eigenvalue weighted by Crippen LogP contribution is -2.51. The number of anilines is 1. The standard InChI is InChI=1S/C21H26N6O/c1-4-14(11-22-2)15-5-6-17-16(9-15)21(25-17)18-10-19(24-13-23-18)27-8-7-26(3)20(28)12-27/h5-6,9-11,13-14,20,28H,4,7-8,12H2,1-3H3. The SMILES string of the molecule is CCC(C=NC)c1ccc2c(c1)C(c1cc(N3CCN(C)C(O)C3)ncn1)=N2. The maximum absolute atomic E-state index is 10.1. The third-order valence-electron chi connectivity index (χ3n) is 5.54. The van der Waals surface area contributed by atoms with Gasteiger partial charge in [0.25, 0.3) is 0 Å². The average molecular weight is 378 g/mol. The summed E-state index contributed by atoms with van der Waals surface area (Å²) in [6.07, 6.45) is 4.10. The molecule has 2 aliphatic rings. The van der Waals surface area contributed by atoms with Crippen molar-refractivity contribution in [2.75, 3.05) is 38.6 Å². The Balaban J connectivity index is 1.58. The highest BCUT2D eigenvalue weighted by Crippen LogP contribution is 2.35. The van der Waals surface area contributed by atoms with Crippen molar-refractivity contribution in [3.63, 3.8) is 0 Å². The quantitative estimate of drug-likeness (QED) is 0.689. The first kappa shape index (κ1) is 18.7. The second-order valence-electron chi connectivity index (χ2n) is 7.33. The van der Waals surface area contributed by atoms with Gasteiger partial charge in [-0.2, -0.15) is 0 Å². The van der Waals surface area contributed by atoms with E-state index >= 15 is 0 Å². The molecule has 0 radical (unpaired) electrons. The van der Waals surface area contributed by atoms with E-state index in [1.807, 2.05) is 31.3 Å². The molecule has 7 nitrogen and oxygen atoms in total. The van der Waals surface area contributed by atoms with Crippen LogP contribution in [0, 0.1) is 0 Å². The van der Waals surface area contributed by atoms with Crippen LogP contribution in [0.3, 0.4) is 0 Å². The first-order valence-corrected chi connectivity index (χ1v) is 9.71. The highest BCUT2D eigenvalue weighted by Gasteiger charge is 2.26. The number of benzene rings is 1. The van der Waals surface area contributed by atoms with Crippen molar-refractivity contribution in [1.29, 1.82) is 0 Å². The molecule has 1 fully saturated rings. The summed E-state index contributed by atoms with van der Waals surface area (Å²) in [6.45, 7) is 4.33. The predicted molar refractivity (Wildman–Crippen MR) is 112 cm³/mol. The summed E-state index contributed by atoms with van der Waals surface area (Å²) in [5, 5.41) is 10.1. The fraction of sp³-hybridized carbons (Fsp3) is 0.429. The lowest BCUT2D eigenvalue weighted by atomic mass is 9.91. The number of hydrogen-bond acceptors (Lipinski definition) is 7. The van der Waals surface area contributed by atoms with Gasteiger partial charge >= 0.3 is 0 Å². The highest BCUT2D eigenvalue weighted by molar-refractivity contribution is 6.21. The van der Waals surface area contributed by atoms with Crippen molar-refractivity contribution >= 4 is 23.4 Å². The largest absolute Gasteiger partial charge is 0.377 e. The van der Waals surface area contributed by atoms with Crippen molar-refractivity contribution in [3.05, 3.63) is 47.4 Å². The summed E-state index contributed by atoms with van der Waals surface area (Å²) in [4.78, 5) is 21.8. The number of aromatic nitrogens is 2. The van der Waals surface area contributed by atoms with Gasteiger partial charge in [0, 0.05) is 43.9 Å². The molecule has 146 valence electrons. The van der Waals surface area contributed by atoms with Gasteiger partial charge in [-0.05, 0) is 31.2 Å². The molecule has 2 aromatic rings. The topological polar surface area (TPSA) is 77.2 Å². The molecule has 2 aliphatic heterocycles. The van der Waals surface area contributed by atoms with E-state index < -0.39 is 6.23 Å². The first-order chi connectivity index (χ1) is 13.6. The Bertz CT molecular complexity index is 925. The number of rotatable bonds is 5. The van der Waals surface area contributed by atoms with Gasteiger partial charge in [-0.15, -0.1) is 0 Å². The second kappa shape index (κ2) is 7.77. The number of fused-ring (bicyclic) bond motifs is 1. The minimum absolute atomic E-state index is 0.310. The van der Waals surface area contributed by atoms with E-state index in [1.165, 1.54) is 5.56 Å². The van der Waals surface area contributed by atoms with Crippen molar-refractivity contribution in [2.24, 2.45) is 9.98 Å². The van der Waals surface area contributed by atoms with Crippen molar-refractivity contribution in [1.82, 2.24) is 14.9 Å². The zero-order valence-corrected chi connectivity index (χ0v) is 16.6. The predicted octanol–water partition coefficient (Wildman–Crippen LogP) is 2.22. The Morgan fingerprint density at radius 3 is 2.89 bits per heavy atom. The minimum atomic E-state index is -0.484. The van der Waals surface area contributed by atoms with Crippen LogP contribution < -0.4 is 4.90 Å². The van der Waals surface area contributed by atoms with Crippen LogP contribution in [-0.4, -0.2) is 71.9 Å². The zero-order chi connectivity index (χ0) is 19.7. The number of hydrogen-bond donors (Lipinski definition) is 1. The van der Waals surface area contributed by atoms with Gasteiger partial charge in [0.15, 0.2) is 0 Å². The van der Waals surface area contributed by atoms with Crippen LogP contribution in [0.4, 0.5) is 11.5 Å². The molecule has 0 spiro atoms. The Morgan fingerprint density at radius 1 is 1.29 bits per heavy atom. The number of aliphatic hydroxyl groups excluding tert-OH is 1. The van der Waals surface area contributed by atoms with E-state index in [2.05, 4.69) is 50.0 Å². The zero-order valence-electron chi connectivity index (χ0n) is 16.6. The van der Waals surface area contributed by atoms with Gasteiger partial charge < -0.3 is 15.0 Å². The lowest BCUT2D eigenvalue weighted by molar-refractivity contribution is 0.0151. The maximum atomic E-state index is 10.1. The summed E-state index contributed by atoms with van der Waals surface area (Å²) >= 11 is 0.